The van der Waals surface area contributed by atoms with Crippen molar-refractivity contribution in [3.8, 4) is 0 Å². The molecule has 33 heavy (non-hydrogen) atoms. The number of nitrogens with one attached hydrogen (secondary N) is 2. The highest BCUT2D eigenvalue weighted by Gasteiger charge is 2.36. The molecular formula is C26H25N3O3S. The number of sulfonamides is 1. The quantitative estimate of drug-likeness (QED) is 0.452. The number of carbonyl (C=O) groups excluding carboxylic acids is 1. The summed E-state index contributed by atoms with van der Waals surface area (Å²) in [5, 5.41) is 4.05. The van der Waals surface area contributed by atoms with Crippen LogP contribution < -0.4 is 9.62 Å². The molecule has 5 rings (SSSR count). The summed E-state index contributed by atoms with van der Waals surface area (Å²) in [5.41, 5.74) is 4.24. The minimum atomic E-state index is -3.79. The number of aromatic nitrogens is 1. The van der Waals surface area contributed by atoms with Crippen molar-refractivity contribution in [1.29, 1.82) is 0 Å². The third-order valence-corrected chi connectivity index (χ3v) is 8.08. The SMILES string of the molecule is CC1Cc2ccccc2N1S(=O)(=O)c1cccc(C(=O)NCCc2c[nH]c3ccccc23)c1. The molecule has 0 radical (unpaired) electrons. The van der Waals surface area contributed by atoms with Crippen LogP contribution in [0.5, 0.6) is 0 Å². The third kappa shape index (κ3) is 3.89. The molecular weight excluding hydrogens is 434 g/mol. The third-order valence-electron chi connectivity index (χ3n) is 6.15. The minimum absolute atomic E-state index is 0.121. The molecule has 0 bridgehead atoms. The van der Waals surface area contributed by atoms with Crippen LogP contribution in [0.3, 0.4) is 0 Å². The zero-order valence-corrected chi connectivity index (χ0v) is 19.1. The number of amides is 1. The largest absolute Gasteiger partial charge is 0.361 e. The first kappa shape index (κ1) is 21.3. The Hall–Kier alpha value is -3.58. The molecule has 0 fully saturated rings. The van der Waals surface area contributed by atoms with Gasteiger partial charge in [-0.25, -0.2) is 8.42 Å². The van der Waals surface area contributed by atoms with Crippen molar-refractivity contribution in [3.05, 3.63) is 95.7 Å². The normalized spacial score (nSPS) is 15.5. The molecule has 1 aliphatic heterocycles. The molecule has 3 aromatic carbocycles. The van der Waals surface area contributed by atoms with Gasteiger partial charge in [0.1, 0.15) is 0 Å². The summed E-state index contributed by atoms with van der Waals surface area (Å²) in [6.07, 6.45) is 3.30. The van der Waals surface area contributed by atoms with Gasteiger partial charge in [0.15, 0.2) is 0 Å². The van der Waals surface area contributed by atoms with Gasteiger partial charge in [-0.05, 0) is 61.2 Å². The molecule has 7 heteroatoms. The molecule has 0 saturated heterocycles. The summed E-state index contributed by atoms with van der Waals surface area (Å²) in [6, 6.07) is 21.7. The van der Waals surface area contributed by atoms with Gasteiger partial charge < -0.3 is 10.3 Å². The van der Waals surface area contributed by atoms with Gasteiger partial charge in [-0.2, -0.15) is 0 Å². The summed E-state index contributed by atoms with van der Waals surface area (Å²) in [7, 11) is -3.79. The fourth-order valence-corrected chi connectivity index (χ4v) is 6.30. The first-order valence-corrected chi connectivity index (χ1v) is 12.4. The number of hydrogen-bond acceptors (Lipinski definition) is 3. The maximum Gasteiger partial charge on any atom is 0.264 e. The maximum atomic E-state index is 13.5. The van der Waals surface area contributed by atoms with Crippen LogP contribution in [0, 0.1) is 0 Å². The molecule has 4 aromatic rings. The molecule has 1 amide bonds. The van der Waals surface area contributed by atoms with E-state index < -0.39 is 10.0 Å². The Morgan fingerprint density at radius 1 is 1.06 bits per heavy atom. The van der Waals surface area contributed by atoms with Gasteiger partial charge in [-0.15, -0.1) is 0 Å². The van der Waals surface area contributed by atoms with Gasteiger partial charge in [-0.1, -0.05) is 42.5 Å². The van der Waals surface area contributed by atoms with Crippen molar-refractivity contribution in [2.75, 3.05) is 10.8 Å². The van der Waals surface area contributed by atoms with Gasteiger partial charge >= 0.3 is 0 Å². The Balaban J connectivity index is 1.32. The molecule has 1 aliphatic rings. The highest BCUT2D eigenvalue weighted by Crippen LogP contribution is 2.36. The fraction of sp³-hybridized carbons (Fsp3) is 0.192. The van der Waals surface area contributed by atoms with E-state index in [-0.39, 0.29) is 16.8 Å². The van der Waals surface area contributed by atoms with Crippen molar-refractivity contribution in [2.24, 2.45) is 0 Å². The maximum absolute atomic E-state index is 13.5. The number of rotatable bonds is 6. The average Bonchev–Trinajstić information content (AvgIpc) is 3.39. The number of carbonyl (C=O) groups is 1. The van der Waals surface area contributed by atoms with E-state index in [0.717, 1.165) is 22.0 Å². The zero-order chi connectivity index (χ0) is 23.0. The Labute approximate surface area is 193 Å². The molecule has 0 spiro atoms. The number of hydrogen-bond donors (Lipinski definition) is 2. The first-order valence-electron chi connectivity index (χ1n) is 11.0. The van der Waals surface area contributed by atoms with E-state index in [1.807, 2.05) is 55.6 Å². The number of nitrogens with zero attached hydrogens (tertiary/aromatic N) is 1. The van der Waals surface area contributed by atoms with Crippen LogP contribution in [0.2, 0.25) is 0 Å². The second-order valence-electron chi connectivity index (χ2n) is 8.38. The van der Waals surface area contributed by atoms with Crippen LogP contribution >= 0.6 is 0 Å². The molecule has 2 N–H and O–H groups in total. The lowest BCUT2D eigenvalue weighted by molar-refractivity contribution is 0.0954. The highest BCUT2D eigenvalue weighted by molar-refractivity contribution is 7.92. The van der Waals surface area contributed by atoms with Crippen LogP contribution in [0.4, 0.5) is 5.69 Å². The molecule has 1 aromatic heterocycles. The van der Waals surface area contributed by atoms with E-state index in [2.05, 4.69) is 16.4 Å². The summed E-state index contributed by atoms with van der Waals surface area (Å²) < 4.78 is 28.4. The lowest BCUT2D eigenvalue weighted by Gasteiger charge is -2.24. The second kappa shape index (κ2) is 8.41. The van der Waals surface area contributed by atoms with E-state index in [1.165, 1.54) is 10.4 Å². The van der Waals surface area contributed by atoms with E-state index in [1.54, 1.807) is 18.2 Å². The van der Waals surface area contributed by atoms with Gasteiger partial charge in [0.05, 0.1) is 10.6 Å². The number of para-hydroxylation sites is 2. The van der Waals surface area contributed by atoms with Crippen molar-refractivity contribution in [1.82, 2.24) is 10.3 Å². The molecule has 0 saturated carbocycles. The molecule has 168 valence electrons. The monoisotopic (exact) mass is 459 g/mol. The van der Waals surface area contributed by atoms with Crippen molar-refractivity contribution in [3.63, 3.8) is 0 Å². The Bertz CT molecular complexity index is 1440. The van der Waals surface area contributed by atoms with E-state index in [4.69, 9.17) is 0 Å². The second-order valence-corrected chi connectivity index (χ2v) is 10.2. The van der Waals surface area contributed by atoms with Gasteiger partial charge in [-0.3, -0.25) is 9.10 Å². The molecule has 1 atom stereocenters. The Morgan fingerprint density at radius 2 is 1.85 bits per heavy atom. The van der Waals surface area contributed by atoms with Crippen LogP contribution in [0.1, 0.15) is 28.4 Å². The number of anilines is 1. The van der Waals surface area contributed by atoms with Crippen molar-refractivity contribution in [2.45, 2.75) is 30.7 Å². The predicted molar refractivity (Wildman–Crippen MR) is 130 cm³/mol. The van der Waals surface area contributed by atoms with Gasteiger partial charge in [0.25, 0.3) is 15.9 Å². The Morgan fingerprint density at radius 3 is 2.73 bits per heavy atom. The highest BCUT2D eigenvalue weighted by atomic mass is 32.2. The topological polar surface area (TPSA) is 82.3 Å². The Kier molecular flexibility index (Phi) is 5.42. The lowest BCUT2D eigenvalue weighted by atomic mass is 10.1. The smallest absolute Gasteiger partial charge is 0.264 e. The fourth-order valence-electron chi connectivity index (χ4n) is 4.57. The van der Waals surface area contributed by atoms with Crippen LogP contribution in [0.25, 0.3) is 10.9 Å². The summed E-state index contributed by atoms with van der Waals surface area (Å²) in [6.45, 7) is 2.35. The lowest BCUT2D eigenvalue weighted by Crippen LogP contribution is -2.36. The van der Waals surface area contributed by atoms with Gasteiger partial charge in [0, 0.05) is 35.2 Å². The van der Waals surface area contributed by atoms with Gasteiger partial charge in [0.2, 0.25) is 0 Å². The van der Waals surface area contributed by atoms with Crippen LogP contribution in [-0.4, -0.2) is 31.9 Å². The molecule has 0 aliphatic carbocycles. The average molecular weight is 460 g/mol. The van der Waals surface area contributed by atoms with E-state index in [9.17, 15) is 13.2 Å². The number of aromatic amines is 1. The summed E-state index contributed by atoms with van der Waals surface area (Å²) >= 11 is 0. The van der Waals surface area contributed by atoms with Crippen LogP contribution in [-0.2, 0) is 22.9 Å². The van der Waals surface area contributed by atoms with Crippen molar-refractivity contribution < 1.29 is 13.2 Å². The molecule has 6 nitrogen and oxygen atoms in total. The van der Waals surface area contributed by atoms with E-state index in [0.29, 0.717) is 30.6 Å². The molecule has 1 unspecified atom stereocenters. The number of benzene rings is 3. The first-order chi connectivity index (χ1) is 15.9. The van der Waals surface area contributed by atoms with Crippen LogP contribution in [0.15, 0.2) is 83.9 Å². The number of fused-ring (bicyclic) bond motifs is 2. The standard InChI is InChI=1S/C26H25N3O3S/c1-18-15-19-7-2-5-12-25(19)29(18)33(31,32)22-9-6-8-20(16-22)26(30)27-14-13-21-17-28-24-11-4-3-10-23(21)24/h2-12,16-18,28H,13-15H2,1H3,(H,27,30). The van der Waals surface area contributed by atoms with E-state index >= 15 is 0 Å². The number of H-pyrrole nitrogens is 1. The summed E-state index contributed by atoms with van der Waals surface area (Å²) in [4.78, 5) is 16.1. The van der Waals surface area contributed by atoms with Crippen molar-refractivity contribution >= 4 is 32.5 Å². The summed E-state index contributed by atoms with van der Waals surface area (Å²) in [5.74, 6) is -0.290. The molecule has 2 heterocycles. The zero-order valence-electron chi connectivity index (χ0n) is 18.3. The predicted octanol–water partition coefficient (Wildman–Crippen LogP) is 4.28. The minimum Gasteiger partial charge on any atom is -0.361 e.